The van der Waals surface area contributed by atoms with Crippen LogP contribution in [0.25, 0.3) is 0 Å². The van der Waals surface area contributed by atoms with Crippen LogP contribution < -0.4 is 20.3 Å². The standard InChI is InChI=1S/C23H33N5O2/c1-18-6-8-20(21(14-18)30-13-12-29-3)17-27-23(24-2)26-16-19-7-9-22(25-15-19)28-10-4-5-11-28/h6-9,14-15H,4-5,10-13,16-17H2,1-3H3,(H2,24,26,27). The van der Waals surface area contributed by atoms with Crippen molar-refractivity contribution in [1.82, 2.24) is 15.6 Å². The van der Waals surface area contributed by atoms with Gasteiger partial charge in [0.05, 0.1) is 6.61 Å². The van der Waals surface area contributed by atoms with E-state index in [-0.39, 0.29) is 0 Å². The van der Waals surface area contributed by atoms with E-state index in [1.165, 1.54) is 18.4 Å². The minimum atomic E-state index is 0.528. The lowest BCUT2D eigenvalue weighted by Gasteiger charge is -2.17. The van der Waals surface area contributed by atoms with Gasteiger partial charge in [-0.1, -0.05) is 18.2 Å². The Morgan fingerprint density at radius 3 is 2.60 bits per heavy atom. The molecule has 7 nitrogen and oxygen atoms in total. The minimum absolute atomic E-state index is 0.528. The largest absolute Gasteiger partial charge is 0.491 e. The number of nitrogens with zero attached hydrogens (tertiary/aromatic N) is 3. The van der Waals surface area contributed by atoms with E-state index in [0.717, 1.165) is 41.7 Å². The smallest absolute Gasteiger partial charge is 0.191 e. The highest BCUT2D eigenvalue weighted by Crippen LogP contribution is 2.20. The van der Waals surface area contributed by atoms with E-state index >= 15 is 0 Å². The molecule has 1 saturated heterocycles. The lowest BCUT2D eigenvalue weighted by atomic mass is 10.1. The first-order valence-electron chi connectivity index (χ1n) is 10.6. The monoisotopic (exact) mass is 411 g/mol. The molecule has 1 aromatic carbocycles. The van der Waals surface area contributed by atoms with Gasteiger partial charge >= 0.3 is 0 Å². The van der Waals surface area contributed by atoms with Crippen LogP contribution in [0, 0.1) is 6.92 Å². The van der Waals surface area contributed by atoms with Crippen molar-refractivity contribution >= 4 is 11.8 Å². The number of hydrogen-bond acceptors (Lipinski definition) is 5. The van der Waals surface area contributed by atoms with Crippen molar-refractivity contribution in [2.24, 2.45) is 4.99 Å². The highest BCUT2D eigenvalue weighted by molar-refractivity contribution is 5.79. The van der Waals surface area contributed by atoms with Crippen LogP contribution in [0.2, 0.25) is 0 Å². The SMILES string of the molecule is CN=C(NCc1ccc(N2CCCC2)nc1)NCc1ccc(C)cc1OCCOC. The summed E-state index contributed by atoms with van der Waals surface area (Å²) in [6.07, 6.45) is 4.45. The predicted molar refractivity (Wildman–Crippen MR) is 121 cm³/mol. The average Bonchev–Trinajstić information content (AvgIpc) is 3.30. The van der Waals surface area contributed by atoms with Gasteiger partial charge in [-0.25, -0.2) is 4.98 Å². The topological polar surface area (TPSA) is 71.0 Å². The summed E-state index contributed by atoms with van der Waals surface area (Å²) in [6.45, 7) is 6.65. The van der Waals surface area contributed by atoms with Crippen LogP contribution in [-0.2, 0) is 17.8 Å². The van der Waals surface area contributed by atoms with Gasteiger partial charge in [0.15, 0.2) is 5.96 Å². The molecule has 30 heavy (non-hydrogen) atoms. The number of ether oxygens (including phenoxy) is 2. The van der Waals surface area contributed by atoms with Gasteiger partial charge in [-0.15, -0.1) is 0 Å². The van der Waals surface area contributed by atoms with E-state index in [0.29, 0.717) is 26.3 Å². The summed E-state index contributed by atoms with van der Waals surface area (Å²) in [6, 6.07) is 10.5. The number of nitrogens with one attached hydrogen (secondary N) is 2. The number of methoxy groups -OCH3 is 1. The van der Waals surface area contributed by atoms with Crippen molar-refractivity contribution in [3.8, 4) is 5.75 Å². The summed E-state index contributed by atoms with van der Waals surface area (Å²) in [5, 5.41) is 6.71. The number of guanidine groups is 1. The van der Waals surface area contributed by atoms with Gasteiger partial charge in [-0.2, -0.15) is 0 Å². The summed E-state index contributed by atoms with van der Waals surface area (Å²) in [5.41, 5.74) is 3.37. The normalized spacial score (nSPS) is 14.1. The molecular weight excluding hydrogens is 378 g/mol. The molecule has 0 saturated carbocycles. The van der Waals surface area contributed by atoms with E-state index in [4.69, 9.17) is 9.47 Å². The highest BCUT2D eigenvalue weighted by Gasteiger charge is 2.13. The molecule has 0 unspecified atom stereocenters. The van der Waals surface area contributed by atoms with E-state index in [2.05, 4.69) is 62.8 Å². The van der Waals surface area contributed by atoms with Gasteiger partial charge < -0.3 is 25.0 Å². The zero-order chi connectivity index (χ0) is 21.2. The van der Waals surface area contributed by atoms with Crippen molar-refractivity contribution < 1.29 is 9.47 Å². The molecule has 2 aromatic rings. The maximum absolute atomic E-state index is 5.87. The number of benzene rings is 1. The van der Waals surface area contributed by atoms with E-state index in [1.807, 2.05) is 6.20 Å². The molecule has 2 N–H and O–H groups in total. The number of aryl methyl sites for hydroxylation is 1. The quantitative estimate of drug-likeness (QED) is 0.376. The van der Waals surface area contributed by atoms with Crippen molar-refractivity contribution in [2.75, 3.05) is 45.4 Å². The first kappa shape index (κ1) is 21.9. The Kier molecular flexibility index (Phi) is 8.32. The molecule has 2 heterocycles. The zero-order valence-corrected chi connectivity index (χ0v) is 18.3. The Hall–Kier alpha value is -2.80. The van der Waals surface area contributed by atoms with Gasteiger partial charge in [0.2, 0.25) is 0 Å². The summed E-state index contributed by atoms with van der Waals surface area (Å²) in [5.74, 6) is 2.68. The Bertz CT molecular complexity index is 817. The molecule has 1 fully saturated rings. The van der Waals surface area contributed by atoms with Gasteiger partial charge in [0.1, 0.15) is 18.2 Å². The molecule has 0 atom stereocenters. The van der Waals surface area contributed by atoms with Crippen LogP contribution in [0.5, 0.6) is 5.75 Å². The Balaban J connectivity index is 1.51. The van der Waals surface area contributed by atoms with Gasteiger partial charge in [0.25, 0.3) is 0 Å². The van der Waals surface area contributed by atoms with Crippen LogP contribution in [0.3, 0.4) is 0 Å². The summed E-state index contributed by atoms with van der Waals surface area (Å²) < 4.78 is 11.0. The Morgan fingerprint density at radius 1 is 1.10 bits per heavy atom. The second-order valence-corrected chi connectivity index (χ2v) is 7.45. The number of anilines is 1. The van der Waals surface area contributed by atoms with E-state index in [1.54, 1.807) is 14.2 Å². The highest BCUT2D eigenvalue weighted by atomic mass is 16.5. The lowest BCUT2D eigenvalue weighted by Crippen LogP contribution is -2.36. The molecule has 3 rings (SSSR count). The fraction of sp³-hybridized carbons (Fsp3) is 0.478. The molecular formula is C23H33N5O2. The fourth-order valence-corrected chi connectivity index (χ4v) is 3.42. The number of aliphatic imine (C=N–C) groups is 1. The predicted octanol–water partition coefficient (Wildman–Crippen LogP) is 2.88. The first-order valence-corrected chi connectivity index (χ1v) is 10.6. The molecule has 0 bridgehead atoms. The third-order valence-corrected chi connectivity index (χ3v) is 5.14. The maximum Gasteiger partial charge on any atom is 0.191 e. The molecule has 1 aliphatic heterocycles. The second kappa shape index (κ2) is 11.4. The third kappa shape index (κ3) is 6.35. The molecule has 7 heteroatoms. The van der Waals surface area contributed by atoms with Crippen molar-refractivity contribution in [1.29, 1.82) is 0 Å². The maximum atomic E-state index is 5.87. The molecule has 1 aromatic heterocycles. The third-order valence-electron chi connectivity index (χ3n) is 5.14. The van der Waals surface area contributed by atoms with E-state index < -0.39 is 0 Å². The Morgan fingerprint density at radius 2 is 1.90 bits per heavy atom. The minimum Gasteiger partial charge on any atom is -0.491 e. The molecule has 0 amide bonds. The molecule has 0 aliphatic carbocycles. The van der Waals surface area contributed by atoms with Gasteiger partial charge in [-0.3, -0.25) is 4.99 Å². The van der Waals surface area contributed by atoms with Crippen LogP contribution in [-0.4, -0.2) is 51.4 Å². The number of aromatic nitrogens is 1. The lowest BCUT2D eigenvalue weighted by molar-refractivity contribution is 0.145. The fourth-order valence-electron chi connectivity index (χ4n) is 3.42. The molecule has 0 spiro atoms. The van der Waals surface area contributed by atoms with Crippen LogP contribution in [0.1, 0.15) is 29.5 Å². The van der Waals surface area contributed by atoms with Crippen LogP contribution in [0.15, 0.2) is 41.5 Å². The van der Waals surface area contributed by atoms with Crippen LogP contribution in [0.4, 0.5) is 5.82 Å². The number of hydrogen-bond donors (Lipinski definition) is 2. The van der Waals surface area contributed by atoms with Crippen molar-refractivity contribution in [3.05, 3.63) is 53.2 Å². The molecule has 162 valence electrons. The average molecular weight is 412 g/mol. The number of rotatable bonds is 9. The van der Waals surface area contributed by atoms with Crippen LogP contribution >= 0.6 is 0 Å². The summed E-state index contributed by atoms with van der Waals surface area (Å²) in [4.78, 5) is 11.3. The second-order valence-electron chi connectivity index (χ2n) is 7.45. The number of pyridine rings is 1. The summed E-state index contributed by atoms with van der Waals surface area (Å²) in [7, 11) is 3.45. The molecule has 1 aliphatic rings. The Labute approximate surface area is 179 Å². The van der Waals surface area contributed by atoms with Gasteiger partial charge in [0, 0.05) is 52.1 Å². The molecule has 0 radical (unpaired) electrons. The van der Waals surface area contributed by atoms with Crippen molar-refractivity contribution in [3.63, 3.8) is 0 Å². The van der Waals surface area contributed by atoms with E-state index in [9.17, 15) is 0 Å². The zero-order valence-electron chi connectivity index (χ0n) is 18.3. The van der Waals surface area contributed by atoms with Crippen molar-refractivity contribution in [2.45, 2.75) is 32.9 Å². The van der Waals surface area contributed by atoms with Gasteiger partial charge in [-0.05, 0) is 43.0 Å². The first-order chi connectivity index (χ1) is 14.7. The summed E-state index contributed by atoms with van der Waals surface area (Å²) >= 11 is 0.